The molecule has 0 radical (unpaired) electrons. The molecule has 0 N–H and O–H groups in total. The Morgan fingerprint density at radius 2 is 2.47 bits per heavy atom. The van der Waals surface area contributed by atoms with Crippen LogP contribution in [0, 0.1) is 0 Å². The largest absolute Gasteiger partial charge is 0.464 e. The van der Waals surface area contributed by atoms with Crippen LogP contribution in [0.15, 0.2) is 26.6 Å². The molecule has 0 aliphatic carbocycles. The average Bonchev–Trinajstić information content (AvgIpc) is 2.84. The Morgan fingerprint density at radius 1 is 1.67 bits per heavy atom. The van der Waals surface area contributed by atoms with Gasteiger partial charge in [0.15, 0.2) is 16.5 Å². The molecule has 15 heavy (non-hydrogen) atoms. The van der Waals surface area contributed by atoms with Gasteiger partial charge in [0.05, 0.1) is 17.8 Å². The van der Waals surface area contributed by atoms with E-state index in [1.165, 1.54) is 18.4 Å². The van der Waals surface area contributed by atoms with Gasteiger partial charge in [0.1, 0.15) is 0 Å². The van der Waals surface area contributed by atoms with Gasteiger partial charge < -0.3 is 9.15 Å². The van der Waals surface area contributed by atoms with Crippen LogP contribution < -0.4 is 0 Å². The van der Waals surface area contributed by atoms with E-state index in [4.69, 9.17) is 4.42 Å². The Morgan fingerprint density at radius 3 is 3.07 bits per heavy atom. The van der Waals surface area contributed by atoms with Gasteiger partial charge in [-0.25, -0.2) is 9.78 Å². The van der Waals surface area contributed by atoms with Crippen molar-refractivity contribution in [3.05, 3.63) is 27.9 Å². The summed E-state index contributed by atoms with van der Waals surface area (Å²) in [6, 6.07) is 1.77. The molecule has 0 saturated carbocycles. The van der Waals surface area contributed by atoms with Crippen molar-refractivity contribution >= 4 is 33.2 Å². The monoisotopic (exact) mass is 287 g/mol. The summed E-state index contributed by atoms with van der Waals surface area (Å²) in [6.45, 7) is 0. The number of thiazole rings is 1. The van der Waals surface area contributed by atoms with Gasteiger partial charge in [-0.2, -0.15) is 0 Å². The van der Waals surface area contributed by atoms with E-state index in [9.17, 15) is 4.79 Å². The molecule has 0 saturated heterocycles. The van der Waals surface area contributed by atoms with Crippen LogP contribution in [0.1, 0.15) is 10.5 Å². The van der Waals surface area contributed by atoms with Gasteiger partial charge in [-0.15, -0.1) is 11.3 Å². The van der Waals surface area contributed by atoms with Gasteiger partial charge in [0.2, 0.25) is 0 Å². The summed E-state index contributed by atoms with van der Waals surface area (Å²) in [7, 11) is 1.32. The molecule has 2 heterocycles. The number of esters is 1. The fourth-order valence-corrected chi connectivity index (χ4v) is 2.33. The number of aromatic nitrogens is 1. The summed E-state index contributed by atoms with van der Waals surface area (Å²) in [5, 5.41) is 2.28. The smallest absolute Gasteiger partial charge is 0.357 e. The lowest BCUT2D eigenvalue weighted by molar-refractivity contribution is 0.0595. The Kier molecular flexibility index (Phi) is 2.88. The normalized spacial score (nSPS) is 10.3. The van der Waals surface area contributed by atoms with E-state index in [1.54, 1.807) is 17.7 Å². The number of hydrogen-bond donors (Lipinski definition) is 0. The van der Waals surface area contributed by atoms with Crippen molar-refractivity contribution in [3.63, 3.8) is 0 Å². The molecule has 0 aliphatic rings. The van der Waals surface area contributed by atoms with Crippen molar-refractivity contribution in [1.82, 2.24) is 4.98 Å². The van der Waals surface area contributed by atoms with E-state index >= 15 is 0 Å². The predicted octanol–water partition coefficient (Wildman–Crippen LogP) is 2.95. The van der Waals surface area contributed by atoms with E-state index < -0.39 is 5.97 Å². The number of rotatable bonds is 2. The van der Waals surface area contributed by atoms with Crippen LogP contribution in [0.3, 0.4) is 0 Å². The molecule has 0 aliphatic heterocycles. The molecule has 2 rings (SSSR count). The predicted molar refractivity (Wildman–Crippen MR) is 58.9 cm³/mol. The molecule has 0 bridgehead atoms. The summed E-state index contributed by atoms with van der Waals surface area (Å²) < 4.78 is 10.6. The van der Waals surface area contributed by atoms with Gasteiger partial charge in [-0.1, -0.05) is 0 Å². The lowest BCUT2D eigenvalue weighted by atomic mass is 10.4. The minimum Gasteiger partial charge on any atom is -0.464 e. The van der Waals surface area contributed by atoms with Crippen molar-refractivity contribution in [3.8, 4) is 10.8 Å². The van der Waals surface area contributed by atoms with Crippen molar-refractivity contribution < 1.29 is 13.9 Å². The molecule has 0 amide bonds. The second kappa shape index (κ2) is 4.16. The molecule has 2 aromatic heterocycles. The highest BCUT2D eigenvalue weighted by Crippen LogP contribution is 2.31. The third-order valence-corrected chi connectivity index (χ3v) is 3.18. The first kappa shape index (κ1) is 10.4. The highest BCUT2D eigenvalue weighted by atomic mass is 79.9. The van der Waals surface area contributed by atoms with E-state index in [0.29, 0.717) is 16.5 Å². The van der Waals surface area contributed by atoms with Crippen LogP contribution in [0.4, 0.5) is 0 Å². The minimum atomic E-state index is -0.444. The minimum absolute atomic E-state index is 0.292. The lowest BCUT2D eigenvalue weighted by Crippen LogP contribution is -2.00. The molecule has 0 atom stereocenters. The van der Waals surface area contributed by atoms with Gasteiger partial charge in [-0.05, 0) is 22.0 Å². The molecule has 4 nitrogen and oxygen atoms in total. The van der Waals surface area contributed by atoms with Gasteiger partial charge in [0.25, 0.3) is 0 Å². The molecule has 2 aromatic rings. The molecule has 78 valence electrons. The second-order valence-electron chi connectivity index (χ2n) is 2.63. The summed E-state index contributed by atoms with van der Waals surface area (Å²) >= 11 is 4.65. The number of carbonyl (C=O) groups excluding carboxylic acids is 1. The van der Waals surface area contributed by atoms with E-state index in [0.717, 1.165) is 4.47 Å². The summed E-state index contributed by atoms with van der Waals surface area (Å²) in [5.74, 6) is 0.176. The Labute approximate surface area is 98.0 Å². The van der Waals surface area contributed by atoms with Crippen LogP contribution in [0.25, 0.3) is 10.8 Å². The first-order valence-electron chi connectivity index (χ1n) is 3.99. The maximum Gasteiger partial charge on any atom is 0.357 e. The van der Waals surface area contributed by atoms with E-state index in [1.807, 2.05) is 0 Å². The number of carbonyl (C=O) groups is 1. The Balaban J connectivity index is 2.36. The number of hydrogen-bond acceptors (Lipinski definition) is 5. The van der Waals surface area contributed by atoms with E-state index in [-0.39, 0.29) is 0 Å². The van der Waals surface area contributed by atoms with Crippen LogP contribution in [0.5, 0.6) is 0 Å². The lowest BCUT2D eigenvalue weighted by Gasteiger charge is -1.92. The van der Waals surface area contributed by atoms with Crippen molar-refractivity contribution in [2.45, 2.75) is 0 Å². The zero-order chi connectivity index (χ0) is 10.8. The fraction of sp³-hybridized carbons (Fsp3) is 0.111. The van der Waals surface area contributed by atoms with Crippen molar-refractivity contribution in [2.24, 2.45) is 0 Å². The molecule has 6 heteroatoms. The Hall–Kier alpha value is -1.14. The molecular formula is C9H6BrNO3S. The molecule has 0 fully saturated rings. The summed E-state index contributed by atoms with van der Waals surface area (Å²) in [4.78, 5) is 15.3. The molecule has 0 unspecified atom stereocenters. The van der Waals surface area contributed by atoms with Gasteiger partial charge in [0, 0.05) is 5.38 Å². The zero-order valence-electron chi connectivity index (χ0n) is 7.69. The van der Waals surface area contributed by atoms with Crippen LogP contribution >= 0.6 is 27.3 Å². The average molecular weight is 288 g/mol. The summed E-state index contributed by atoms with van der Waals surface area (Å²) in [6.07, 6.45) is 1.55. The van der Waals surface area contributed by atoms with Crippen LogP contribution in [-0.4, -0.2) is 18.1 Å². The molecular weight excluding hydrogens is 282 g/mol. The first-order valence-corrected chi connectivity index (χ1v) is 5.67. The van der Waals surface area contributed by atoms with Crippen molar-refractivity contribution in [1.29, 1.82) is 0 Å². The van der Waals surface area contributed by atoms with E-state index in [2.05, 4.69) is 25.7 Å². The zero-order valence-corrected chi connectivity index (χ0v) is 10.1. The number of methoxy groups -OCH3 is 1. The molecule has 0 aromatic carbocycles. The van der Waals surface area contributed by atoms with Crippen LogP contribution in [0.2, 0.25) is 0 Å². The highest BCUT2D eigenvalue weighted by Gasteiger charge is 2.15. The topological polar surface area (TPSA) is 52.3 Å². The Bertz CT molecular complexity index is 491. The third kappa shape index (κ3) is 1.95. The fourth-order valence-electron chi connectivity index (χ4n) is 1.02. The number of nitrogens with zero attached hydrogens (tertiary/aromatic N) is 1. The van der Waals surface area contributed by atoms with Gasteiger partial charge in [-0.3, -0.25) is 0 Å². The van der Waals surface area contributed by atoms with Crippen LogP contribution in [-0.2, 0) is 4.74 Å². The quantitative estimate of drug-likeness (QED) is 0.797. The summed E-state index contributed by atoms with van der Waals surface area (Å²) in [5.41, 5.74) is 0.292. The standard InChI is InChI=1S/C9H6BrNO3S/c1-13-9(12)6-4-15-8(11-6)7-5(10)2-3-14-7/h2-4H,1H3. The highest BCUT2D eigenvalue weighted by molar-refractivity contribution is 9.10. The first-order chi connectivity index (χ1) is 7.22. The third-order valence-electron chi connectivity index (χ3n) is 1.71. The number of furan rings is 1. The van der Waals surface area contributed by atoms with Gasteiger partial charge >= 0.3 is 5.97 Å². The second-order valence-corrected chi connectivity index (χ2v) is 4.34. The van der Waals surface area contributed by atoms with Crippen molar-refractivity contribution in [2.75, 3.05) is 7.11 Å². The maximum atomic E-state index is 11.2. The maximum absolute atomic E-state index is 11.2. The number of halogens is 1. The molecule has 0 spiro atoms. The number of ether oxygens (including phenoxy) is 1. The SMILES string of the molecule is COC(=O)c1csc(-c2occc2Br)n1.